The number of rotatable bonds is 5. The number of carboxylic acids is 1. The van der Waals surface area contributed by atoms with Crippen LogP contribution in [0.3, 0.4) is 0 Å². The Morgan fingerprint density at radius 2 is 1.88 bits per heavy atom. The molecule has 6 nitrogen and oxygen atoms in total. The number of aryl methyl sites for hydroxylation is 1. The van der Waals surface area contributed by atoms with Crippen LogP contribution in [0.1, 0.15) is 29.5 Å². The van der Waals surface area contributed by atoms with Gasteiger partial charge in [-0.25, -0.2) is 0 Å². The van der Waals surface area contributed by atoms with Crippen molar-refractivity contribution in [1.82, 2.24) is 15.0 Å². The summed E-state index contributed by atoms with van der Waals surface area (Å²) in [6, 6.07) is 15.0. The maximum atomic E-state index is 11.1. The van der Waals surface area contributed by atoms with E-state index in [1.54, 1.807) is 11.3 Å². The molecule has 33 heavy (non-hydrogen) atoms. The molecule has 0 unspecified atom stereocenters. The van der Waals surface area contributed by atoms with Crippen LogP contribution in [0, 0.1) is 12.8 Å². The van der Waals surface area contributed by atoms with Crippen molar-refractivity contribution in [3.63, 3.8) is 0 Å². The van der Waals surface area contributed by atoms with E-state index >= 15 is 0 Å². The lowest BCUT2D eigenvalue weighted by molar-refractivity contribution is -0.147. The van der Waals surface area contributed by atoms with Gasteiger partial charge in [-0.15, -0.1) is 0 Å². The Morgan fingerprint density at radius 3 is 2.64 bits per heavy atom. The molecular weight excluding hydrogens is 434 g/mol. The molecule has 3 heterocycles. The van der Waals surface area contributed by atoms with E-state index in [9.17, 15) is 4.79 Å². The van der Waals surface area contributed by atoms with Gasteiger partial charge in [-0.05, 0) is 82.6 Å². The molecule has 0 amide bonds. The van der Waals surface area contributed by atoms with Crippen molar-refractivity contribution in [3.8, 4) is 34.0 Å². The zero-order valence-electron chi connectivity index (χ0n) is 18.2. The number of nitrogens with zero attached hydrogens (tertiary/aromatic N) is 3. The van der Waals surface area contributed by atoms with Crippen molar-refractivity contribution in [1.29, 1.82) is 0 Å². The lowest BCUT2D eigenvalue weighted by Gasteiger charge is -2.39. The Bertz CT molecular complexity index is 1340. The summed E-state index contributed by atoms with van der Waals surface area (Å²) in [7, 11) is 0. The minimum absolute atomic E-state index is 0.185. The first kappa shape index (κ1) is 20.3. The quantitative estimate of drug-likeness (QED) is 0.419. The summed E-state index contributed by atoms with van der Waals surface area (Å²) in [5, 5.41) is 17.6. The molecule has 2 aliphatic rings. The molecule has 0 bridgehead atoms. The van der Waals surface area contributed by atoms with E-state index in [4.69, 9.17) is 9.63 Å². The normalized spacial score (nSPS) is 19.9. The zero-order valence-corrected chi connectivity index (χ0v) is 19.0. The molecule has 0 spiro atoms. The van der Waals surface area contributed by atoms with Crippen LogP contribution in [0.2, 0.25) is 0 Å². The predicted molar refractivity (Wildman–Crippen MR) is 127 cm³/mol. The minimum Gasteiger partial charge on any atom is -0.481 e. The van der Waals surface area contributed by atoms with Gasteiger partial charge < -0.3 is 9.63 Å². The van der Waals surface area contributed by atoms with Crippen molar-refractivity contribution in [2.75, 3.05) is 0 Å². The molecule has 1 saturated carbocycles. The maximum Gasteiger partial charge on any atom is 0.306 e. The molecule has 1 aliphatic heterocycles. The molecule has 0 atom stereocenters. The first-order valence-corrected chi connectivity index (χ1v) is 12.1. The van der Waals surface area contributed by atoms with E-state index in [1.165, 1.54) is 27.8 Å². The summed E-state index contributed by atoms with van der Waals surface area (Å²) in [5.74, 6) is 0.242. The number of aromatic nitrogens is 2. The third-order valence-electron chi connectivity index (χ3n) is 6.92. The Kier molecular flexibility index (Phi) is 4.89. The summed E-state index contributed by atoms with van der Waals surface area (Å²) in [5.41, 5.74) is 8.01. The Balaban J connectivity index is 1.20. The van der Waals surface area contributed by atoms with E-state index in [-0.39, 0.29) is 5.92 Å². The highest BCUT2D eigenvalue weighted by Crippen LogP contribution is 2.38. The zero-order chi connectivity index (χ0) is 22.5. The number of thiophene rings is 1. The molecular formula is C26H23N3O3S. The summed E-state index contributed by atoms with van der Waals surface area (Å²) in [6.07, 6.45) is 1.49. The van der Waals surface area contributed by atoms with Crippen molar-refractivity contribution in [2.24, 2.45) is 5.92 Å². The van der Waals surface area contributed by atoms with Crippen LogP contribution in [0.25, 0.3) is 34.0 Å². The molecule has 2 aromatic heterocycles. The van der Waals surface area contributed by atoms with Gasteiger partial charge >= 0.3 is 5.97 Å². The molecule has 1 fully saturated rings. The molecule has 0 radical (unpaired) electrons. The summed E-state index contributed by atoms with van der Waals surface area (Å²) < 4.78 is 5.61. The standard InChI is InChI=1S/C26H23N3O3S/c1-15-8-17(4-5-23(15)19-6-7-33-14-19)25-27-24(28-32-25)16-2-3-18-12-29(13-21(18)9-16)22-10-20(11-22)26(30)31/h2-9,14,20,22H,10-13H2,1H3,(H,30,31). The second kappa shape index (κ2) is 7.93. The third kappa shape index (κ3) is 3.67. The fraction of sp³-hybridized carbons (Fsp3) is 0.269. The number of aliphatic carboxylic acids is 1. The predicted octanol–water partition coefficient (Wildman–Crippen LogP) is 5.62. The molecule has 2 aromatic carbocycles. The van der Waals surface area contributed by atoms with E-state index in [0.717, 1.165) is 37.1 Å². The van der Waals surface area contributed by atoms with Gasteiger partial charge in [0.1, 0.15) is 0 Å². The molecule has 0 saturated heterocycles. The summed E-state index contributed by atoms with van der Waals surface area (Å²) >= 11 is 1.69. The first-order valence-electron chi connectivity index (χ1n) is 11.1. The fourth-order valence-electron chi connectivity index (χ4n) is 4.90. The van der Waals surface area contributed by atoms with E-state index < -0.39 is 5.97 Å². The average Bonchev–Trinajstić information content (AvgIpc) is 3.52. The smallest absolute Gasteiger partial charge is 0.306 e. The van der Waals surface area contributed by atoms with Gasteiger partial charge in [0.2, 0.25) is 5.82 Å². The molecule has 1 N–H and O–H groups in total. The van der Waals surface area contributed by atoms with Gasteiger partial charge in [-0.2, -0.15) is 16.3 Å². The monoisotopic (exact) mass is 457 g/mol. The largest absolute Gasteiger partial charge is 0.481 e. The van der Waals surface area contributed by atoms with Gasteiger partial charge in [-0.3, -0.25) is 9.69 Å². The van der Waals surface area contributed by atoms with Gasteiger partial charge in [0.05, 0.1) is 5.92 Å². The SMILES string of the molecule is Cc1cc(-c2nc(-c3ccc4c(c3)CN(C3CC(C(=O)O)C3)C4)no2)ccc1-c1ccsc1. The van der Waals surface area contributed by atoms with Crippen LogP contribution < -0.4 is 0 Å². The number of hydrogen-bond acceptors (Lipinski definition) is 6. The summed E-state index contributed by atoms with van der Waals surface area (Å²) in [6.45, 7) is 3.81. The Labute approximate surface area is 195 Å². The van der Waals surface area contributed by atoms with Crippen LogP contribution in [0.15, 0.2) is 57.7 Å². The number of fused-ring (bicyclic) bond motifs is 1. The maximum absolute atomic E-state index is 11.1. The van der Waals surface area contributed by atoms with Crippen LogP contribution in [-0.4, -0.2) is 32.2 Å². The van der Waals surface area contributed by atoms with Gasteiger partial charge in [0.15, 0.2) is 0 Å². The minimum atomic E-state index is -0.672. The van der Waals surface area contributed by atoms with Gasteiger partial charge in [-0.1, -0.05) is 23.4 Å². The molecule has 7 heteroatoms. The highest BCUT2D eigenvalue weighted by molar-refractivity contribution is 7.08. The van der Waals surface area contributed by atoms with Crippen molar-refractivity contribution < 1.29 is 14.4 Å². The van der Waals surface area contributed by atoms with Crippen molar-refractivity contribution in [2.45, 2.75) is 38.9 Å². The highest BCUT2D eigenvalue weighted by atomic mass is 32.1. The first-order chi connectivity index (χ1) is 16.0. The second-order valence-corrected chi connectivity index (χ2v) is 9.79. The highest BCUT2D eigenvalue weighted by Gasteiger charge is 2.39. The van der Waals surface area contributed by atoms with Crippen molar-refractivity contribution in [3.05, 3.63) is 69.9 Å². The molecule has 6 rings (SSSR count). The molecule has 4 aromatic rings. The van der Waals surface area contributed by atoms with E-state index in [2.05, 4.69) is 63.1 Å². The van der Waals surface area contributed by atoms with Crippen LogP contribution in [0.5, 0.6) is 0 Å². The van der Waals surface area contributed by atoms with E-state index in [1.807, 2.05) is 12.1 Å². The van der Waals surface area contributed by atoms with Crippen LogP contribution in [-0.2, 0) is 17.9 Å². The van der Waals surface area contributed by atoms with Gasteiger partial charge in [0.25, 0.3) is 5.89 Å². The fourth-order valence-corrected chi connectivity index (χ4v) is 5.56. The van der Waals surface area contributed by atoms with Gasteiger partial charge in [0, 0.05) is 30.3 Å². The number of hydrogen-bond donors (Lipinski definition) is 1. The van der Waals surface area contributed by atoms with Crippen LogP contribution >= 0.6 is 11.3 Å². The third-order valence-corrected chi connectivity index (χ3v) is 7.60. The Hall–Kier alpha value is -3.29. The number of carbonyl (C=O) groups is 1. The molecule has 1 aliphatic carbocycles. The molecule has 166 valence electrons. The van der Waals surface area contributed by atoms with E-state index in [0.29, 0.717) is 17.8 Å². The van der Waals surface area contributed by atoms with Crippen LogP contribution in [0.4, 0.5) is 0 Å². The number of benzene rings is 2. The lowest BCUT2D eigenvalue weighted by Crippen LogP contribution is -2.44. The average molecular weight is 458 g/mol. The Morgan fingerprint density at radius 1 is 1.06 bits per heavy atom. The van der Waals surface area contributed by atoms with Crippen molar-refractivity contribution >= 4 is 17.3 Å². The summed E-state index contributed by atoms with van der Waals surface area (Å²) in [4.78, 5) is 18.2. The topological polar surface area (TPSA) is 79.5 Å². The lowest BCUT2D eigenvalue weighted by atomic mass is 9.79. The number of carboxylic acid groups (broad SMARTS) is 1. The second-order valence-electron chi connectivity index (χ2n) is 9.01.